The summed E-state index contributed by atoms with van der Waals surface area (Å²) in [6.45, 7) is 5.27. The van der Waals surface area contributed by atoms with E-state index in [1.165, 1.54) is 0 Å². The molecular weight excluding hydrogens is 304 g/mol. The second kappa shape index (κ2) is 5.52. The lowest BCUT2D eigenvalue weighted by molar-refractivity contribution is 0.344. The lowest BCUT2D eigenvalue weighted by Crippen LogP contribution is -2.20. The molecular formula is C17H18N6O. The van der Waals surface area contributed by atoms with E-state index in [2.05, 4.69) is 31.4 Å². The summed E-state index contributed by atoms with van der Waals surface area (Å²) in [6, 6.07) is 3.82. The van der Waals surface area contributed by atoms with Crippen molar-refractivity contribution in [2.24, 2.45) is 5.92 Å². The number of aromatic nitrogens is 4. The van der Waals surface area contributed by atoms with Crippen LogP contribution in [0.2, 0.25) is 0 Å². The van der Waals surface area contributed by atoms with Gasteiger partial charge < -0.3 is 20.7 Å². The molecule has 4 rings (SSSR count). The lowest BCUT2D eigenvalue weighted by atomic mass is 10.1. The van der Waals surface area contributed by atoms with Crippen molar-refractivity contribution in [3.8, 4) is 11.3 Å². The molecule has 1 fully saturated rings. The number of aliphatic hydroxyl groups excluding tert-OH is 1. The number of hydrogen-bond acceptors (Lipinski definition) is 6. The van der Waals surface area contributed by atoms with Gasteiger partial charge in [0.05, 0.1) is 22.5 Å². The van der Waals surface area contributed by atoms with Gasteiger partial charge in [-0.15, -0.1) is 0 Å². The molecule has 122 valence electrons. The number of pyridine rings is 1. The van der Waals surface area contributed by atoms with Crippen molar-refractivity contribution >= 4 is 22.7 Å². The predicted molar refractivity (Wildman–Crippen MR) is 93.6 cm³/mol. The minimum atomic E-state index is 0.102. The van der Waals surface area contributed by atoms with E-state index in [0.29, 0.717) is 0 Å². The number of nitrogens with two attached hydrogens (primary N) is 1. The summed E-state index contributed by atoms with van der Waals surface area (Å²) in [6.07, 6.45) is 6.21. The fourth-order valence-corrected chi connectivity index (χ4v) is 3.28. The van der Waals surface area contributed by atoms with Gasteiger partial charge in [-0.2, -0.15) is 0 Å². The number of hydrogen-bond donors (Lipinski definition) is 3. The van der Waals surface area contributed by atoms with Crippen LogP contribution in [0.15, 0.2) is 43.1 Å². The van der Waals surface area contributed by atoms with E-state index < -0.39 is 0 Å². The Bertz CT molecular complexity index is 918. The third-order valence-corrected chi connectivity index (χ3v) is 4.50. The maximum atomic E-state index is 9.68. The van der Waals surface area contributed by atoms with E-state index >= 15 is 0 Å². The third kappa shape index (κ3) is 2.34. The molecule has 1 aliphatic heterocycles. The first-order chi connectivity index (χ1) is 11.6. The van der Waals surface area contributed by atoms with Crippen LogP contribution in [0.5, 0.6) is 0 Å². The first-order valence-corrected chi connectivity index (χ1v) is 7.81. The first-order valence-electron chi connectivity index (χ1n) is 7.81. The molecule has 1 saturated heterocycles. The molecule has 0 bridgehead atoms. The van der Waals surface area contributed by atoms with Crippen molar-refractivity contribution in [3.05, 3.63) is 43.1 Å². The van der Waals surface area contributed by atoms with Crippen molar-refractivity contribution in [2.45, 2.75) is 6.42 Å². The Labute approximate surface area is 138 Å². The van der Waals surface area contributed by atoms with E-state index in [1.54, 1.807) is 12.4 Å². The monoisotopic (exact) mass is 322 g/mol. The van der Waals surface area contributed by atoms with Crippen LogP contribution in [0.25, 0.3) is 22.3 Å². The first kappa shape index (κ1) is 14.5. The number of fused-ring (bicyclic) bond motifs is 1. The maximum absolute atomic E-state index is 9.68. The summed E-state index contributed by atoms with van der Waals surface area (Å²) in [4.78, 5) is 18.1. The number of nitrogens with zero attached hydrogens (tertiary/aromatic N) is 4. The summed E-state index contributed by atoms with van der Waals surface area (Å²) in [5, 5.41) is 10.7. The van der Waals surface area contributed by atoms with Crippen LogP contribution in [0.3, 0.4) is 0 Å². The van der Waals surface area contributed by atoms with Crippen LogP contribution < -0.4 is 10.6 Å². The van der Waals surface area contributed by atoms with Crippen LogP contribution in [0.1, 0.15) is 6.42 Å². The standard InChI is InChI=1S/C17H18N6O/c1-10(24)11-4-7-23(9-11)14-3-6-19-16-15(14)12(8-21-16)13-2-5-20-17(18)22-13/h2-3,5-6,8,11,24H,1,4,7,9H2,(H,19,21)(H2,18,20,22)/t11-/m1/s1. The van der Waals surface area contributed by atoms with Gasteiger partial charge in [0.1, 0.15) is 5.65 Å². The zero-order valence-corrected chi connectivity index (χ0v) is 13.1. The average molecular weight is 322 g/mol. The molecule has 3 aromatic rings. The molecule has 7 nitrogen and oxygen atoms in total. The van der Waals surface area contributed by atoms with Crippen molar-refractivity contribution in [2.75, 3.05) is 23.7 Å². The van der Waals surface area contributed by atoms with E-state index in [9.17, 15) is 5.11 Å². The van der Waals surface area contributed by atoms with Crippen molar-refractivity contribution in [1.82, 2.24) is 19.9 Å². The molecule has 24 heavy (non-hydrogen) atoms. The summed E-state index contributed by atoms with van der Waals surface area (Å²) in [5.41, 5.74) is 9.28. The smallest absolute Gasteiger partial charge is 0.220 e. The van der Waals surface area contributed by atoms with Gasteiger partial charge in [0.2, 0.25) is 5.95 Å². The zero-order chi connectivity index (χ0) is 16.7. The molecule has 0 aliphatic carbocycles. The summed E-state index contributed by atoms with van der Waals surface area (Å²) >= 11 is 0. The average Bonchev–Trinajstić information content (AvgIpc) is 3.22. The van der Waals surface area contributed by atoms with E-state index in [4.69, 9.17) is 5.73 Å². The molecule has 7 heteroatoms. The maximum Gasteiger partial charge on any atom is 0.220 e. The molecule has 4 heterocycles. The lowest BCUT2D eigenvalue weighted by Gasteiger charge is -2.20. The van der Waals surface area contributed by atoms with Crippen LogP contribution in [-0.2, 0) is 0 Å². The van der Waals surface area contributed by atoms with Crippen LogP contribution >= 0.6 is 0 Å². The Balaban J connectivity index is 1.82. The highest BCUT2D eigenvalue weighted by molar-refractivity contribution is 6.02. The molecule has 0 saturated carbocycles. The Morgan fingerprint density at radius 2 is 2.17 bits per heavy atom. The normalized spacial score (nSPS) is 17.5. The van der Waals surface area contributed by atoms with Crippen LogP contribution in [-0.4, -0.2) is 38.1 Å². The second-order valence-electron chi connectivity index (χ2n) is 5.98. The zero-order valence-electron chi connectivity index (χ0n) is 13.1. The predicted octanol–water partition coefficient (Wildman–Crippen LogP) is 2.50. The van der Waals surface area contributed by atoms with E-state index in [1.807, 2.05) is 18.3 Å². The van der Waals surface area contributed by atoms with Crippen LogP contribution in [0.4, 0.5) is 11.6 Å². The minimum absolute atomic E-state index is 0.102. The number of rotatable bonds is 3. The summed E-state index contributed by atoms with van der Waals surface area (Å²) < 4.78 is 0. The number of nitrogen functional groups attached to an aromatic ring is 1. The highest BCUT2D eigenvalue weighted by atomic mass is 16.3. The van der Waals surface area contributed by atoms with Gasteiger partial charge in [-0.05, 0) is 18.6 Å². The van der Waals surface area contributed by atoms with Gasteiger partial charge in [0.25, 0.3) is 0 Å². The van der Waals surface area contributed by atoms with Crippen LogP contribution in [0, 0.1) is 5.92 Å². The summed E-state index contributed by atoms with van der Waals surface area (Å²) in [5.74, 6) is 0.594. The van der Waals surface area contributed by atoms with Gasteiger partial charge in [-0.25, -0.2) is 15.0 Å². The molecule has 0 radical (unpaired) electrons. The number of aliphatic hydroxyl groups is 1. The van der Waals surface area contributed by atoms with Gasteiger partial charge in [-0.3, -0.25) is 0 Å². The summed E-state index contributed by atoms with van der Waals surface area (Å²) in [7, 11) is 0. The SMILES string of the molecule is C=C(O)[C@@H]1CCN(c2ccnc3[nH]cc(-c4ccnc(N)n4)c23)C1. The van der Waals surface area contributed by atoms with Gasteiger partial charge in [-0.1, -0.05) is 6.58 Å². The second-order valence-corrected chi connectivity index (χ2v) is 5.98. The Hall–Kier alpha value is -3.09. The molecule has 0 amide bonds. The fourth-order valence-electron chi connectivity index (χ4n) is 3.28. The van der Waals surface area contributed by atoms with E-state index in [-0.39, 0.29) is 17.6 Å². The van der Waals surface area contributed by atoms with E-state index in [0.717, 1.165) is 47.5 Å². The highest BCUT2D eigenvalue weighted by Crippen LogP contribution is 2.36. The topological polar surface area (TPSA) is 104 Å². The minimum Gasteiger partial charge on any atom is -0.513 e. The van der Waals surface area contributed by atoms with Crippen molar-refractivity contribution in [1.29, 1.82) is 0 Å². The fraction of sp³-hybridized carbons (Fsp3) is 0.235. The Morgan fingerprint density at radius 1 is 1.33 bits per heavy atom. The van der Waals surface area contributed by atoms with Gasteiger partial charge >= 0.3 is 0 Å². The number of anilines is 2. The highest BCUT2D eigenvalue weighted by Gasteiger charge is 2.27. The van der Waals surface area contributed by atoms with Crippen molar-refractivity contribution < 1.29 is 5.11 Å². The largest absolute Gasteiger partial charge is 0.513 e. The Kier molecular flexibility index (Phi) is 3.34. The molecule has 1 atom stereocenters. The molecule has 1 aliphatic rings. The number of nitrogens with one attached hydrogen (secondary N) is 1. The quantitative estimate of drug-likeness (QED) is 0.640. The Morgan fingerprint density at radius 3 is 2.92 bits per heavy atom. The number of aromatic amines is 1. The molecule has 3 aromatic heterocycles. The van der Waals surface area contributed by atoms with Crippen molar-refractivity contribution in [3.63, 3.8) is 0 Å². The third-order valence-electron chi connectivity index (χ3n) is 4.50. The number of H-pyrrole nitrogens is 1. The molecule has 0 unspecified atom stereocenters. The van der Waals surface area contributed by atoms with Gasteiger partial charge in [0, 0.05) is 43.2 Å². The van der Waals surface area contributed by atoms with Gasteiger partial charge in [0.15, 0.2) is 0 Å². The molecule has 0 spiro atoms. The molecule has 4 N–H and O–H groups in total. The molecule has 0 aromatic carbocycles.